The Morgan fingerprint density at radius 1 is 0.893 bits per heavy atom. The van der Waals surface area contributed by atoms with Crippen molar-refractivity contribution in [3.8, 4) is 23.0 Å². The van der Waals surface area contributed by atoms with E-state index < -0.39 is 12.6 Å². The summed E-state index contributed by atoms with van der Waals surface area (Å²) in [5.74, 6) is -0.545. The summed E-state index contributed by atoms with van der Waals surface area (Å²) in [6.45, 7) is -0.590. The Balaban J connectivity index is 1.96. The molecule has 7 nitrogen and oxygen atoms in total. The van der Waals surface area contributed by atoms with Gasteiger partial charge in [0, 0.05) is 0 Å². The van der Waals surface area contributed by atoms with Crippen LogP contribution < -0.4 is 9.47 Å². The number of allylic oxidation sites excluding steroid dienone is 2. The third-order valence-corrected chi connectivity index (χ3v) is 3.68. The van der Waals surface area contributed by atoms with Gasteiger partial charge < -0.3 is 24.8 Å². The second kappa shape index (κ2) is 9.94. The van der Waals surface area contributed by atoms with Gasteiger partial charge in [0.1, 0.15) is 0 Å². The lowest BCUT2D eigenvalue weighted by Crippen LogP contribution is -2.02. The zero-order valence-electron chi connectivity index (χ0n) is 15.2. The molecule has 0 spiro atoms. The van der Waals surface area contributed by atoms with Crippen LogP contribution in [0.3, 0.4) is 0 Å². The molecule has 0 saturated carbocycles. The number of carbonyl (C=O) groups is 2. The number of phenolic OH excluding ortho intramolecular Hbond substituents is 2. The molecule has 0 amide bonds. The zero-order chi connectivity index (χ0) is 20.5. The van der Waals surface area contributed by atoms with Crippen LogP contribution >= 0.6 is 0 Å². The molecule has 0 aliphatic heterocycles. The molecular formula is C21H20O7. The van der Waals surface area contributed by atoms with Crippen molar-refractivity contribution in [3.05, 3.63) is 59.7 Å². The Kier molecular flexibility index (Phi) is 7.36. The van der Waals surface area contributed by atoms with Gasteiger partial charge in [-0.25, -0.2) is 0 Å². The number of methoxy groups -OCH3 is 1. The number of aliphatic hydroxyl groups excluding tert-OH is 1. The number of carbonyl (C=O) groups excluding carboxylic acids is 2. The molecule has 0 aliphatic carbocycles. The first-order valence-electron chi connectivity index (χ1n) is 8.28. The fraction of sp³-hybridized carbons (Fsp3) is 0.143. The molecule has 0 bridgehead atoms. The van der Waals surface area contributed by atoms with Crippen LogP contribution in [-0.4, -0.2) is 40.8 Å². The molecule has 0 atom stereocenters. The van der Waals surface area contributed by atoms with Gasteiger partial charge in [-0.1, -0.05) is 24.3 Å². The van der Waals surface area contributed by atoms with Crippen LogP contribution in [-0.2, 0) is 9.59 Å². The van der Waals surface area contributed by atoms with Gasteiger partial charge >= 0.3 is 0 Å². The van der Waals surface area contributed by atoms with Crippen molar-refractivity contribution >= 4 is 23.7 Å². The standard InChI is InChI=1S/C21H20O7/c1-27-20-10-14(4-8-18(20)25)2-6-16(23)12-17(24)7-3-15-5-9-19(26)21(11-15)28-13-22/h2-11,22,25-26H,12-13H2,1H3/b6-2+,7-3+. The number of aliphatic hydroxyl groups is 1. The first-order chi connectivity index (χ1) is 13.4. The van der Waals surface area contributed by atoms with Gasteiger partial charge in [0.05, 0.1) is 13.5 Å². The van der Waals surface area contributed by atoms with E-state index in [2.05, 4.69) is 0 Å². The molecule has 146 valence electrons. The fourth-order valence-electron chi connectivity index (χ4n) is 2.29. The number of hydrogen-bond donors (Lipinski definition) is 3. The molecule has 7 heteroatoms. The predicted molar refractivity (Wildman–Crippen MR) is 103 cm³/mol. The summed E-state index contributed by atoms with van der Waals surface area (Å²) < 4.78 is 9.84. The van der Waals surface area contributed by atoms with Crippen LogP contribution in [0.2, 0.25) is 0 Å². The lowest BCUT2D eigenvalue weighted by Gasteiger charge is -2.05. The Bertz CT molecular complexity index is 913. The molecule has 2 aromatic rings. The van der Waals surface area contributed by atoms with Crippen molar-refractivity contribution in [1.82, 2.24) is 0 Å². The summed E-state index contributed by atoms with van der Waals surface area (Å²) in [6.07, 6.45) is 5.24. The van der Waals surface area contributed by atoms with E-state index in [-0.39, 0.29) is 35.2 Å². The topological polar surface area (TPSA) is 113 Å². The summed E-state index contributed by atoms with van der Waals surface area (Å²) in [4.78, 5) is 23.9. The highest BCUT2D eigenvalue weighted by atomic mass is 16.6. The van der Waals surface area contributed by atoms with Crippen LogP contribution in [0.25, 0.3) is 12.2 Å². The van der Waals surface area contributed by atoms with E-state index in [1.165, 1.54) is 49.6 Å². The molecule has 0 fully saturated rings. The van der Waals surface area contributed by atoms with Crippen molar-refractivity contribution in [1.29, 1.82) is 0 Å². The van der Waals surface area contributed by atoms with Gasteiger partial charge in [-0.3, -0.25) is 9.59 Å². The molecule has 0 aromatic heterocycles. The zero-order valence-corrected chi connectivity index (χ0v) is 15.2. The molecule has 0 heterocycles. The molecule has 0 unspecified atom stereocenters. The summed E-state index contributed by atoms with van der Waals surface area (Å²) in [5.41, 5.74) is 1.21. The van der Waals surface area contributed by atoms with Crippen LogP contribution in [0.15, 0.2) is 48.6 Å². The minimum atomic E-state index is -0.590. The number of ether oxygens (including phenoxy) is 2. The van der Waals surface area contributed by atoms with Gasteiger partial charge in [0.15, 0.2) is 41.4 Å². The lowest BCUT2D eigenvalue weighted by molar-refractivity contribution is -0.121. The first kappa shape index (κ1) is 20.7. The molecule has 2 rings (SSSR count). The van der Waals surface area contributed by atoms with Crippen LogP contribution in [0, 0.1) is 0 Å². The highest BCUT2D eigenvalue weighted by Gasteiger charge is 2.06. The minimum Gasteiger partial charge on any atom is -0.504 e. The third kappa shape index (κ3) is 6.00. The van der Waals surface area contributed by atoms with E-state index in [9.17, 15) is 19.8 Å². The van der Waals surface area contributed by atoms with Gasteiger partial charge in [0.2, 0.25) is 0 Å². The van der Waals surface area contributed by atoms with Gasteiger partial charge in [-0.2, -0.15) is 0 Å². The Morgan fingerprint density at radius 2 is 1.39 bits per heavy atom. The maximum Gasteiger partial charge on any atom is 0.186 e. The smallest absolute Gasteiger partial charge is 0.186 e. The largest absolute Gasteiger partial charge is 0.504 e. The second-order valence-corrected chi connectivity index (χ2v) is 5.71. The van der Waals surface area contributed by atoms with Crippen molar-refractivity contribution < 1.29 is 34.4 Å². The monoisotopic (exact) mass is 384 g/mol. The van der Waals surface area contributed by atoms with Crippen LogP contribution in [0.4, 0.5) is 0 Å². The second-order valence-electron chi connectivity index (χ2n) is 5.71. The summed E-state index contributed by atoms with van der Waals surface area (Å²) in [7, 11) is 1.42. The van der Waals surface area contributed by atoms with E-state index in [1.54, 1.807) is 18.2 Å². The molecule has 28 heavy (non-hydrogen) atoms. The summed E-state index contributed by atoms with van der Waals surface area (Å²) in [5, 5.41) is 27.9. The van der Waals surface area contributed by atoms with E-state index in [0.29, 0.717) is 11.1 Å². The van der Waals surface area contributed by atoms with E-state index in [1.807, 2.05) is 0 Å². The normalized spacial score (nSPS) is 11.1. The average molecular weight is 384 g/mol. The Morgan fingerprint density at radius 3 is 1.89 bits per heavy atom. The third-order valence-electron chi connectivity index (χ3n) is 3.68. The maximum absolute atomic E-state index is 11.9. The summed E-state index contributed by atoms with van der Waals surface area (Å²) >= 11 is 0. The molecule has 0 radical (unpaired) electrons. The number of ketones is 2. The quantitative estimate of drug-likeness (QED) is 0.346. The number of benzene rings is 2. The van der Waals surface area contributed by atoms with Crippen molar-refractivity contribution in [2.45, 2.75) is 6.42 Å². The molecular weight excluding hydrogens is 364 g/mol. The predicted octanol–water partition coefficient (Wildman–Crippen LogP) is 2.69. The van der Waals surface area contributed by atoms with Crippen LogP contribution in [0.1, 0.15) is 17.5 Å². The highest BCUT2D eigenvalue weighted by molar-refractivity contribution is 6.10. The van der Waals surface area contributed by atoms with Gasteiger partial charge in [-0.15, -0.1) is 0 Å². The lowest BCUT2D eigenvalue weighted by atomic mass is 10.1. The minimum absolute atomic E-state index is 0.00642. The first-order valence-corrected chi connectivity index (χ1v) is 8.28. The summed E-state index contributed by atoms with van der Waals surface area (Å²) in [6, 6.07) is 9.01. The van der Waals surface area contributed by atoms with E-state index in [4.69, 9.17) is 14.6 Å². The van der Waals surface area contributed by atoms with Gasteiger partial charge in [0.25, 0.3) is 0 Å². The van der Waals surface area contributed by atoms with Crippen molar-refractivity contribution in [3.63, 3.8) is 0 Å². The van der Waals surface area contributed by atoms with Crippen LogP contribution in [0.5, 0.6) is 23.0 Å². The highest BCUT2D eigenvalue weighted by Crippen LogP contribution is 2.27. The van der Waals surface area contributed by atoms with E-state index in [0.717, 1.165) is 0 Å². The van der Waals surface area contributed by atoms with Gasteiger partial charge in [-0.05, 0) is 47.5 Å². The Labute approximate surface area is 161 Å². The van der Waals surface area contributed by atoms with E-state index >= 15 is 0 Å². The number of aromatic hydroxyl groups is 2. The number of rotatable bonds is 9. The molecule has 3 N–H and O–H groups in total. The maximum atomic E-state index is 11.9. The molecule has 0 aliphatic rings. The number of phenols is 2. The fourth-order valence-corrected chi connectivity index (χ4v) is 2.29. The van der Waals surface area contributed by atoms with Crippen molar-refractivity contribution in [2.75, 3.05) is 13.9 Å². The number of hydrogen-bond acceptors (Lipinski definition) is 7. The van der Waals surface area contributed by atoms with Crippen molar-refractivity contribution in [2.24, 2.45) is 0 Å². The SMILES string of the molecule is COc1cc(/C=C/C(=O)CC(=O)/C=C/c2ccc(O)c(OCO)c2)ccc1O. The molecule has 0 saturated heterocycles. The molecule has 2 aromatic carbocycles. The average Bonchev–Trinajstić information content (AvgIpc) is 2.68. The Hall–Kier alpha value is -3.58.